The van der Waals surface area contributed by atoms with Crippen molar-refractivity contribution in [3.63, 3.8) is 0 Å². The SMILES string of the molecule is C=CC(=O)O.C=CC(=O)O.C=CC(=O)O.CC1CCCC(C)(C)C1. The molecule has 24 heavy (non-hydrogen) atoms. The van der Waals surface area contributed by atoms with Gasteiger partial charge in [0.1, 0.15) is 0 Å². The number of hydrogen-bond donors (Lipinski definition) is 3. The van der Waals surface area contributed by atoms with Crippen molar-refractivity contribution in [2.45, 2.75) is 46.5 Å². The van der Waals surface area contributed by atoms with Gasteiger partial charge in [0.2, 0.25) is 0 Å². The molecule has 6 nitrogen and oxygen atoms in total. The highest BCUT2D eigenvalue weighted by molar-refractivity contribution is 5.79. The summed E-state index contributed by atoms with van der Waals surface area (Å²) >= 11 is 0. The first kappa shape index (κ1) is 26.5. The molecule has 0 radical (unpaired) electrons. The highest BCUT2D eigenvalue weighted by Gasteiger charge is 2.24. The van der Waals surface area contributed by atoms with Crippen LogP contribution in [-0.4, -0.2) is 33.2 Å². The first-order valence-corrected chi connectivity index (χ1v) is 7.47. The summed E-state index contributed by atoms with van der Waals surface area (Å²) in [6, 6.07) is 0. The average Bonchev–Trinajstić information content (AvgIpc) is 2.47. The van der Waals surface area contributed by atoms with Gasteiger partial charge in [-0.15, -0.1) is 0 Å². The lowest BCUT2D eigenvalue weighted by molar-refractivity contribution is -0.132. The summed E-state index contributed by atoms with van der Waals surface area (Å²) in [4.78, 5) is 27.8. The third-order valence-electron chi connectivity index (χ3n) is 2.98. The number of carbonyl (C=O) groups is 3. The first-order chi connectivity index (χ1) is 10.9. The Balaban J connectivity index is -0.000000259. The van der Waals surface area contributed by atoms with E-state index in [2.05, 4.69) is 40.5 Å². The zero-order chi connectivity index (χ0) is 19.8. The minimum absolute atomic E-state index is 0.650. The number of hydrogen-bond acceptors (Lipinski definition) is 3. The maximum Gasteiger partial charge on any atom is 0.327 e. The van der Waals surface area contributed by atoms with E-state index in [1.54, 1.807) is 0 Å². The van der Waals surface area contributed by atoms with Crippen LogP contribution in [0.1, 0.15) is 46.5 Å². The molecule has 1 fully saturated rings. The topological polar surface area (TPSA) is 112 Å². The molecule has 0 heterocycles. The molecule has 0 aromatic rings. The second kappa shape index (κ2) is 15.5. The molecule has 0 aliphatic heterocycles. The van der Waals surface area contributed by atoms with E-state index in [0.29, 0.717) is 5.41 Å². The van der Waals surface area contributed by atoms with Crippen molar-refractivity contribution in [1.29, 1.82) is 0 Å². The quantitative estimate of drug-likeness (QED) is 0.668. The number of carboxylic acids is 3. The van der Waals surface area contributed by atoms with Gasteiger partial charge in [0.25, 0.3) is 0 Å². The zero-order valence-corrected chi connectivity index (χ0v) is 14.8. The first-order valence-electron chi connectivity index (χ1n) is 7.47. The molecule has 1 atom stereocenters. The summed E-state index contributed by atoms with van der Waals surface area (Å²) in [5, 5.41) is 22.8. The third kappa shape index (κ3) is 27.9. The smallest absolute Gasteiger partial charge is 0.327 e. The van der Waals surface area contributed by atoms with Crippen LogP contribution in [0.25, 0.3) is 0 Å². The molecular weight excluding hydrogens is 312 g/mol. The Morgan fingerprint density at radius 3 is 1.33 bits per heavy atom. The molecule has 0 bridgehead atoms. The number of rotatable bonds is 3. The fourth-order valence-corrected chi connectivity index (χ4v) is 2.08. The zero-order valence-electron chi connectivity index (χ0n) is 14.8. The predicted octanol–water partition coefficient (Wildman–Crippen LogP) is 3.99. The molecule has 0 saturated heterocycles. The van der Waals surface area contributed by atoms with Crippen molar-refractivity contribution in [2.24, 2.45) is 11.3 Å². The second-order valence-corrected chi connectivity index (χ2v) is 5.99. The maximum absolute atomic E-state index is 9.25. The Bertz CT molecular complexity index is 380. The highest BCUT2D eigenvalue weighted by atomic mass is 16.4. The van der Waals surface area contributed by atoms with E-state index in [9.17, 15) is 14.4 Å². The van der Waals surface area contributed by atoms with Gasteiger partial charge in [0.05, 0.1) is 0 Å². The van der Waals surface area contributed by atoms with Crippen LogP contribution in [0, 0.1) is 11.3 Å². The van der Waals surface area contributed by atoms with E-state index < -0.39 is 17.9 Å². The maximum atomic E-state index is 9.25. The summed E-state index contributed by atoms with van der Waals surface area (Å²) in [7, 11) is 0. The second-order valence-electron chi connectivity index (χ2n) is 5.99. The van der Waals surface area contributed by atoms with E-state index in [0.717, 1.165) is 24.1 Å². The lowest BCUT2D eigenvalue weighted by atomic mass is 9.73. The van der Waals surface area contributed by atoms with Crippen LogP contribution < -0.4 is 0 Å². The Kier molecular flexibility index (Phi) is 17.2. The van der Waals surface area contributed by atoms with Gasteiger partial charge in [-0.2, -0.15) is 0 Å². The van der Waals surface area contributed by atoms with Crippen LogP contribution in [-0.2, 0) is 14.4 Å². The van der Waals surface area contributed by atoms with Gasteiger partial charge in [-0.05, 0) is 24.2 Å². The van der Waals surface area contributed by atoms with Crippen molar-refractivity contribution < 1.29 is 29.7 Å². The van der Waals surface area contributed by atoms with Crippen LogP contribution in [0.3, 0.4) is 0 Å². The molecule has 1 unspecified atom stereocenters. The van der Waals surface area contributed by atoms with Gasteiger partial charge in [-0.25, -0.2) is 14.4 Å². The average molecular weight is 342 g/mol. The van der Waals surface area contributed by atoms with Crippen molar-refractivity contribution in [2.75, 3.05) is 0 Å². The van der Waals surface area contributed by atoms with Gasteiger partial charge in [-0.1, -0.05) is 53.3 Å². The summed E-state index contributed by atoms with van der Waals surface area (Å²) in [6.45, 7) is 16.0. The number of aliphatic carboxylic acids is 3. The van der Waals surface area contributed by atoms with Crippen LogP contribution in [0.15, 0.2) is 38.0 Å². The van der Waals surface area contributed by atoms with E-state index in [4.69, 9.17) is 15.3 Å². The Hall–Kier alpha value is -2.37. The highest BCUT2D eigenvalue weighted by Crippen LogP contribution is 2.37. The van der Waals surface area contributed by atoms with Crippen LogP contribution in [0.4, 0.5) is 0 Å². The van der Waals surface area contributed by atoms with Gasteiger partial charge in [-0.3, -0.25) is 0 Å². The Morgan fingerprint density at radius 2 is 1.21 bits per heavy atom. The molecule has 138 valence electrons. The monoisotopic (exact) mass is 342 g/mol. The Labute approximate surface area is 144 Å². The van der Waals surface area contributed by atoms with Crippen molar-refractivity contribution >= 4 is 17.9 Å². The van der Waals surface area contributed by atoms with Gasteiger partial charge in [0.15, 0.2) is 0 Å². The normalized spacial score (nSPS) is 16.9. The molecule has 1 aliphatic carbocycles. The van der Waals surface area contributed by atoms with E-state index in [-0.39, 0.29) is 0 Å². The summed E-state index contributed by atoms with van der Waals surface area (Å²) < 4.78 is 0. The van der Waals surface area contributed by atoms with E-state index >= 15 is 0 Å². The van der Waals surface area contributed by atoms with Crippen LogP contribution >= 0.6 is 0 Å². The number of carboxylic acid groups (broad SMARTS) is 3. The minimum Gasteiger partial charge on any atom is -0.478 e. The lowest BCUT2D eigenvalue weighted by Crippen LogP contribution is -2.20. The molecule has 0 aromatic heterocycles. The summed E-state index contributed by atoms with van der Waals surface area (Å²) in [5.74, 6) is -1.96. The van der Waals surface area contributed by atoms with E-state index in [1.807, 2.05) is 0 Å². The molecule has 1 aliphatic rings. The Morgan fingerprint density at radius 1 is 0.917 bits per heavy atom. The molecule has 1 rings (SSSR count). The van der Waals surface area contributed by atoms with E-state index in [1.165, 1.54) is 25.7 Å². The van der Waals surface area contributed by atoms with Gasteiger partial charge < -0.3 is 15.3 Å². The fraction of sp³-hybridized carbons (Fsp3) is 0.500. The molecule has 0 amide bonds. The van der Waals surface area contributed by atoms with Crippen LogP contribution in [0.2, 0.25) is 0 Å². The third-order valence-corrected chi connectivity index (χ3v) is 2.98. The fourth-order valence-electron chi connectivity index (χ4n) is 2.08. The van der Waals surface area contributed by atoms with Crippen LogP contribution in [0.5, 0.6) is 0 Å². The minimum atomic E-state index is -0.981. The molecule has 3 N–H and O–H groups in total. The molecule has 1 saturated carbocycles. The van der Waals surface area contributed by atoms with Crippen molar-refractivity contribution in [3.8, 4) is 0 Å². The molecule has 0 spiro atoms. The van der Waals surface area contributed by atoms with Crippen molar-refractivity contribution in [1.82, 2.24) is 0 Å². The largest absolute Gasteiger partial charge is 0.478 e. The molecular formula is C18H30O6. The molecule has 0 aromatic carbocycles. The lowest BCUT2D eigenvalue weighted by Gasteiger charge is -2.33. The summed E-state index contributed by atoms with van der Waals surface area (Å²) in [5.41, 5.74) is 0.650. The standard InChI is InChI=1S/C9H18.3C3H4O2/c1-8-5-4-6-9(2,3)7-8;3*1-2-3(4)5/h8H,4-7H2,1-3H3;3*2H,1H2,(H,4,5). The van der Waals surface area contributed by atoms with Crippen molar-refractivity contribution in [3.05, 3.63) is 38.0 Å². The predicted molar refractivity (Wildman–Crippen MR) is 94.9 cm³/mol. The summed E-state index contributed by atoms with van der Waals surface area (Å²) in [6.07, 6.45) is 8.29. The molecule has 6 heteroatoms. The van der Waals surface area contributed by atoms with Gasteiger partial charge >= 0.3 is 17.9 Å². The van der Waals surface area contributed by atoms with Gasteiger partial charge in [0, 0.05) is 18.2 Å².